The van der Waals surface area contributed by atoms with E-state index >= 15 is 0 Å². The molecule has 0 bridgehead atoms. The van der Waals surface area contributed by atoms with Crippen molar-refractivity contribution >= 4 is 15.9 Å². The highest BCUT2D eigenvalue weighted by Gasteiger charge is 2.14. The first kappa shape index (κ1) is 15.2. The Morgan fingerprint density at radius 3 is 2.60 bits per heavy atom. The van der Waals surface area contributed by atoms with Gasteiger partial charge in [-0.1, -0.05) is 35.0 Å². The first-order chi connectivity index (χ1) is 9.70. The molecular formula is C17H21BrN2. The Bertz CT molecular complexity index is 540. The lowest BCUT2D eigenvalue weighted by Gasteiger charge is -2.21. The van der Waals surface area contributed by atoms with Crippen LogP contribution in [0, 0.1) is 6.92 Å². The minimum atomic E-state index is 0.326. The average Bonchev–Trinajstić information content (AvgIpc) is 2.45. The summed E-state index contributed by atoms with van der Waals surface area (Å²) in [5, 5.41) is 3.64. The van der Waals surface area contributed by atoms with Crippen LogP contribution in [-0.2, 0) is 6.42 Å². The zero-order chi connectivity index (χ0) is 14.4. The van der Waals surface area contributed by atoms with Crippen molar-refractivity contribution < 1.29 is 0 Å². The lowest BCUT2D eigenvalue weighted by Crippen LogP contribution is -2.24. The van der Waals surface area contributed by atoms with Gasteiger partial charge in [0.2, 0.25) is 0 Å². The number of rotatable bonds is 6. The number of pyridine rings is 1. The second-order valence-electron chi connectivity index (χ2n) is 5.09. The predicted molar refractivity (Wildman–Crippen MR) is 87.9 cm³/mol. The predicted octanol–water partition coefficient (Wildman–Crippen LogP) is 4.44. The zero-order valence-corrected chi connectivity index (χ0v) is 13.7. The molecule has 0 saturated carbocycles. The van der Waals surface area contributed by atoms with E-state index < -0.39 is 0 Å². The molecule has 20 heavy (non-hydrogen) atoms. The second kappa shape index (κ2) is 7.55. The van der Waals surface area contributed by atoms with Gasteiger partial charge in [-0.15, -0.1) is 0 Å². The van der Waals surface area contributed by atoms with Crippen molar-refractivity contribution in [3.63, 3.8) is 0 Å². The molecule has 1 heterocycles. The van der Waals surface area contributed by atoms with Crippen LogP contribution in [0.5, 0.6) is 0 Å². The lowest BCUT2D eigenvalue weighted by atomic mass is 9.98. The first-order valence-electron chi connectivity index (χ1n) is 7.09. The molecule has 0 saturated heterocycles. The van der Waals surface area contributed by atoms with Crippen LogP contribution in [0.2, 0.25) is 0 Å². The van der Waals surface area contributed by atoms with Crippen molar-refractivity contribution in [2.45, 2.75) is 32.7 Å². The summed E-state index contributed by atoms with van der Waals surface area (Å²) in [5.41, 5.74) is 3.90. The van der Waals surface area contributed by atoms with Crippen LogP contribution in [0.1, 0.15) is 36.1 Å². The number of benzene rings is 1. The van der Waals surface area contributed by atoms with Gasteiger partial charge in [0.1, 0.15) is 0 Å². The molecule has 1 aromatic carbocycles. The Balaban J connectivity index is 2.22. The fourth-order valence-corrected chi connectivity index (χ4v) is 3.05. The molecule has 1 unspecified atom stereocenters. The summed E-state index contributed by atoms with van der Waals surface area (Å²) < 4.78 is 1.18. The van der Waals surface area contributed by atoms with E-state index in [1.54, 1.807) is 0 Å². The van der Waals surface area contributed by atoms with E-state index in [2.05, 4.69) is 70.4 Å². The number of aryl methyl sites for hydroxylation is 1. The molecule has 0 aliphatic heterocycles. The molecule has 2 nitrogen and oxygen atoms in total. The SMILES string of the molecule is CCCNC(Cc1ccncc1)c1ccc(C)cc1Br. The Hall–Kier alpha value is -1.19. The minimum absolute atomic E-state index is 0.326. The molecule has 1 atom stereocenters. The summed E-state index contributed by atoms with van der Waals surface area (Å²) in [6, 6.07) is 11.1. The Kier molecular flexibility index (Phi) is 5.74. The summed E-state index contributed by atoms with van der Waals surface area (Å²) >= 11 is 3.70. The van der Waals surface area contributed by atoms with E-state index in [9.17, 15) is 0 Å². The molecule has 2 rings (SSSR count). The van der Waals surface area contributed by atoms with Crippen LogP contribution in [-0.4, -0.2) is 11.5 Å². The van der Waals surface area contributed by atoms with Crippen molar-refractivity contribution in [1.82, 2.24) is 10.3 Å². The second-order valence-corrected chi connectivity index (χ2v) is 5.95. The summed E-state index contributed by atoms with van der Waals surface area (Å²) in [6.45, 7) is 5.34. The maximum absolute atomic E-state index is 4.09. The average molecular weight is 333 g/mol. The largest absolute Gasteiger partial charge is 0.310 e. The van der Waals surface area contributed by atoms with Crippen LogP contribution >= 0.6 is 15.9 Å². The van der Waals surface area contributed by atoms with Gasteiger partial charge < -0.3 is 5.32 Å². The van der Waals surface area contributed by atoms with Crippen molar-refractivity contribution in [2.24, 2.45) is 0 Å². The van der Waals surface area contributed by atoms with Gasteiger partial charge in [-0.25, -0.2) is 0 Å². The number of halogens is 1. The topological polar surface area (TPSA) is 24.9 Å². The molecule has 0 aliphatic carbocycles. The highest BCUT2D eigenvalue weighted by molar-refractivity contribution is 9.10. The quantitative estimate of drug-likeness (QED) is 0.846. The monoisotopic (exact) mass is 332 g/mol. The fraction of sp³-hybridized carbons (Fsp3) is 0.353. The summed E-state index contributed by atoms with van der Waals surface area (Å²) in [4.78, 5) is 4.09. The number of hydrogen-bond donors (Lipinski definition) is 1. The summed E-state index contributed by atoms with van der Waals surface area (Å²) in [7, 11) is 0. The molecule has 0 radical (unpaired) electrons. The van der Waals surface area contributed by atoms with Gasteiger partial charge in [0, 0.05) is 22.9 Å². The lowest BCUT2D eigenvalue weighted by molar-refractivity contribution is 0.527. The minimum Gasteiger partial charge on any atom is -0.310 e. The van der Waals surface area contributed by atoms with Crippen LogP contribution in [0.15, 0.2) is 47.2 Å². The van der Waals surface area contributed by atoms with E-state index in [4.69, 9.17) is 0 Å². The third-order valence-corrected chi connectivity index (χ3v) is 4.05. The molecule has 2 aromatic rings. The standard InChI is InChI=1S/C17H21BrN2/c1-3-8-20-17(12-14-6-9-19-10-7-14)15-5-4-13(2)11-16(15)18/h4-7,9-11,17,20H,3,8,12H2,1-2H3. The first-order valence-corrected chi connectivity index (χ1v) is 7.88. The van der Waals surface area contributed by atoms with E-state index in [0.717, 1.165) is 19.4 Å². The van der Waals surface area contributed by atoms with Gasteiger partial charge in [0.15, 0.2) is 0 Å². The molecule has 1 N–H and O–H groups in total. The molecule has 3 heteroatoms. The van der Waals surface area contributed by atoms with Crippen molar-refractivity contribution in [2.75, 3.05) is 6.54 Å². The highest BCUT2D eigenvalue weighted by Crippen LogP contribution is 2.27. The number of hydrogen-bond acceptors (Lipinski definition) is 2. The van der Waals surface area contributed by atoms with Crippen molar-refractivity contribution in [1.29, 1.82) is 0 Å². The maximum Gasteiger partial charge on any atom is 0.0372 e. The van der Waals surface area contributed by atoms with E-state index in [0.29, 0.717) is 6.04 Å². The third kappa shape index (κ3) is 4.15. The molecule has 1 aromatic heterocycles. The van der Waals surface area contributed by atoms with Crippen LogP contribution in [0.3, 0.4) is 0 Å². The van der Waals surface area contributed by atoms with Gasteiger partial charge in [-0.2, -0.15) is 0 Å². The van der Waals surface area contributed by atoms with E-state index in [1.165, 1.54) is 21.2 Å². The molecule has 0 fully saturated rings. The molecular weight excluding hydrogens is 312 g/mol. The Labute approximate surface area is 129 Å². The summed E-state index contributed by atoms with van der Waals surface area (Å²) in [6.07, 6.45) is 5.83. The maximum atomic E-state index is 4.09. The highest BCUT2D eigenvalue weighted by atomic mass is 79.9. The van der Waals surface area contributed by atoms with Gasteiger partial charge in [0.25, 0.3) is 0 Å². The number of nitrogens with zero attached hydrogens (tertiary/aromatic N) is 1. The molecule has 0 spiro atoms. The number of nitrogens with one attached hydrogen (secondary N) is 1. The summed E-state index contributed by atoms with van der Waals surface area (Å²) in [5.74, 6) is 0. The molecule has 106 valence electrons. The van der Waals surface area contributed by atoms with E-state index in [-0.39, 0.29) is 0 Å². The normalized spacial score (nSPS) is 12.3. The smallest absolute Gasteiger partial charge is 0.0372 e. The zero-order valence-electron chi connectivity index (χ0n) is 12.1. The van der Waals surface area contributed by atoms with Gasteiger partial charge in [0.05, 0.1) is 0 Å². The molecule has 0 aliphatic rings. The van der Waals surface area contributed by atoms with Crippen LogP contribution in [0.25, 0.3) is 0 Å². The Morgan fingerprint density at radius 2 is 1.95 bits per heavy atom. The van der Waals surface area contributed by atoms with Crippen molar-refractivity contribution in [3.8, 4) is 0 Å². The van der Waals surface area contributed by atoms with Gasteiger partial charge >= 0.3 is 0 Å². The Morgan fingerprint density at radius 1 is 1.20 bits per heavy atom. The molecule has 0 amide bonds. The van der Waals surface area contributed by atoms with E-state index in [1.807, 2.05) is 12.4 Å². The fourth-order valence-electron chi connectivity index (χ4n) is 2.28. The third-order valence-electron chi connectivity index (χ3n) is 3.36. The van der Waals surface area contributed by atoms with Gasteiger partial charge in [-0.05, 0) is 61.2 Å². The number of aromatic nitrogens is 1. The van der Waals surface area contributed by atoms with Gasteiger partial charge in [-0.3, -0.25) is 4.98 Å². The van der Waals surface area contributed by atoms with Crippen LogP contribution in [0.4, 0.5) is 0 Å². The van der Waals surface area contributed by atoms with Crippen molar-refractivity contribution in [3.05, 3.63) is 63.9 Å². The van der Waals surface area contributed by atoms with Crippen LogP contribution < -0.4 is 5.32 Å².